The third kappa shape index (κ3) is 2.92. The average Bonchev–Trinajstić information content (AvgIpc) is 3.12. The van der Waals surface area contributed by atoms with Gasteiger partial charge in [0.2, 0.25) is 11.8 Å². The fraction of sp³-hybridized carbons (Fsp3) is 0.667. The van der Waals surface area contributed by atoms with Gasteiger partial charge >= 0.3 is 0 Å². The molecule has 5 heteroatoms. The molecule has 1 unspecified atom stereocenters. The summed E-state index contributed by atoms with van der Waals surface area (Å²) in [7, 11) is 0. The van der Waals surface area contributed by atoms with E-state index < -0.39 is 0 Å². The number of carbonyl (C=O) groups excluding carboxylic acids is 1. The molecule has 1 aliphatic heterocycles. The molecule has 5 nitrogen and oxygen atoms in total. The van der Waals surface area contributed by atoms with Crippen LogP contribution in [-0.2, 0) is 4.79 Å². The van der Waals surface area contributed by atoms with Gasteiger partial charge in [0.25, 0.3) is 0 Å². The van der Waals surface area contributed by atoms with E-state index in [0.717, 1.165) is 31.5 Å². The highest BCUT2D eigenvalue weighted by Gasteiger charge is 2.33. The topological polar surface area (TPSA) is 55.3 Å². The van der Waals surface area contributed by atoms with E-state index in [9.17, 15) is 4.79 Å². The van der Waals surface area contributed by atoms with E-state index in [1.165, 1.54) is 12.8 Å². The van der Waals surface area contributed by atoms with Crippen LogP contribution in [0, 0.1) is 12.8 Å². The maximum Gasteiger partial charge on any atom is 0.233 e. The molecule has 2 heterocycles. The Morgan fingerprint density at radius 3 is 2.75 bits per heavy atom. The lowest BCUT2D eigenvalue weighted by molar-refractivity contribution is -0.134. The molecule has 1 aromatic heterocycles. The summed E-state index contributed by atoms with van der Waals surface area (Å²) in [5, 5.41) is 8.00. The molecule has 1 saturated carbocycles. The van der Waals surface area contributed by atoms with E-state index in [1.807, 2.05) is 24.0 Å². The molecule has 0 radical (unpaired) electrons. The summed E-state index contributed by atoms with van der Waals surface area (Å²) in [4.78, 5) is 14.3. The van der Waals surface area contributed by atoms with Crippen LogP contribution in [0.25, 0.3) is 0 Å². The smallest absolute Gasteiger partial charge is 0.233 e. The zero-order chi connectivity index (χ0) is 13.9. The van der Waals surface area contributed by atoms with Gasteiger partial charge in [-0.15, -0.1) is 5.10 Å². The Morgan fingerprint density at radius 2 is 2.05 bits per heavy atom. The Hall–Kier alpha value is -1.65. The number of rotatable bonds is 3. The van der Waals surface area contributed by atoms with Crippen LogP contribution in [0.15, 0.2) is 12.1 Å². The summed E-state index contributed by atoms with van der Waals surface area (Å²) in [6.07, 6.45) is 5.45. The van der Waals surface area contributed by atoms with Crippen LogP contribution in [-0.4, -0.2) is 40.2 Å². The highest BCUT2D eigenvalue weighted by atomic mass is 16.5. The summed E-state index contributed by atoms with van der Waals surface area (Å²) in [5.74, 6) is 1.13. The van der Waals surface area contributed by atoms with Crippen molar-refractivity contribution < 1.29 is 9.53 Å². The summed E-state index contributed by atoms with van der Waals surface area (Å²) in [6.45, 7) is 3.39. The van der Waals surface area contributed by atoms with Gasteiger partial charge in [0.1, 0.15) is 6.10 Å². The maximum absolute atomic E-state index is 12.3. The van der Waals surface area contributed by atoms with Crippen molar-refractivity contribution in [2.24, 2.45) is 5.92 Å². The van der Waals surface area contributed by atoms with Gasteiger partial charge in [-0.3, -0.25) is 4.79 Å². The minimum absolute atomic E-state index is 0.0531. The second-order valence-corrected chi connectivity index (χ2v) is 5.81. The Kier molecular flexibility index (Phi) is 3.85. The number of carbonyl (C=O) groups is 1. The molecule has 20 heavy (non-hydrogen) atoms. The van der Waals surface area contributed by atoms with Gasteiger partial charge in [0.05, 0.1) is 12.2 Å². The molecule has 0 N–H and O–H groups in total. The molecule has 1 atom stereocenters. The number of hydrogen-bond donors (Lipinski definition) is 0. The van der Waals surface area contributed by atoms with Crippen LogP contribution >= 0.6 is 0 Å². The summed E-state index contributed by atoms with van der Waals surface area (Å²) < 4.78 is 5.81. The molecular formula is C15H21N3O2. The lowest BCUT2D eigenvalue weighted by atomic mass is 10.1. The zero-order valence-electron chi connectivity index (χ0n) is 11.9. The second kappa shape index (κ2) is 5.77. The van der Waals surface area contributed by atoms with Crippen LogP contribution in [0.3, 0.4) is 0 Å². The van der Waals surface area contributed by atoms with Gasteiger partial charge in [0, 0.05) is 24.9 Å². The van der Waals surface area contributed by atoms with Gasteiger partial charge in [-0.05, 0) is 25.8 Å². The van der Waals surface area contributed by atoms with E-state index in [-0.39, 0.29) is 12.0 Å². The lowest BCUT2D eigenvalue weighted by Gasteiger charge is -2.20. The van der Waals surface area contributed by atoms with Gasteiger partial charge in [0.15, 0.2) is 0 Å². The molecule has 108 valence electrons. The first-order valence-electron chi connectivity index (χ1n) is 7.48. The lowest BCUT2D eigenvalue weighted by Crippen LogP contribution is -2.34. The van der Waals surface area contributed by atoms with E-state index in [0.29, 0.717) is 18.3 Å². The van der Waals surface area contributed by atoms with Crippen molar-refractivity contribution in [3.05, 3.63) is 17.8 Å². The molecule has 1 saturated heterocycles. The standard InChI is InChI=1S/C15H21N3O2/c1-11-6-7-14(17-16-11)20-13-8-9-18(10-13)15(19)12-4-2-3-5-12/h6-7,12-13H,2-5,8-10H2,1H3. The number of aromatic nitrogens is 2. The van der Waals surface area contributed by atoms with Gasteiger partial charge in [-0.1, -0.05) is 12.8 Å². The minimum atomic E-state index is 0.0531. The summed E-state index contributed by atoms with van der Waals surface area (Å²) in [5.41, 5.74) is 0.877. The van der Waals surface area contributed by atoms with Crippen molar-refractivity contribution in [3.63, 3.8) is 0 Å². The normalized spacial score (nSPS) is 23.2. The first-order chi connectivity index (χ1) is 9.72. The predicted molar refractivity (Wildman–Crippen MR) is 74.3 cm³/mol. The number of likely N-dealkylation sites (tertiary alicyclic amines) is 1. The SMILES string of the molecule is Cc1ccc(OC2CCN(C(=O)C3CCCC3)C2)nn1. The monoisotopic (exact) mass is 275 g/mol. The average molecular weight is 275 g/mol. The van der Waals surface area contributed by atoms with Gasteiger partial charge in [-0.2, -0.15) is 5.10 Å². The molecule has 0 bridgehead atoms. The van der Waals surface area contributed by atoms with Crippen molar-refractivity contribution in [1.82, 2.24) is 15.1 Å². The van der Waals surface area contributed by atoms with E-state index >= 15 is 0 Å². The third-order valence-corrected chi connectivity index (χ3v) is 4.22. The van der Waals surface area contributed by atoms with Crippen LogP contribution in [0.2, 0.25) is 0 Å². The van der Waals surface area contributed by atoms with E-state index in [4.69, 9.17) is 4.74 Å². The van der Waals surface area contributed by atoms with Crippen molar-refractivity contribution in [3.8, 4) is 5.88 Å². The van der Waals surface area contributed by atoms with Crippen LogP contribution in [0.5, 0.6) is 5.88 Å². The Balaban J connectivity index is 1.54. The van der Waals surface area contributed by atoms with Gasteiger partial charge in [-0.25, -0.2) is 0 Å². The predicted octanol–water partition coefficient (Wildman–Crippen LogP) is 1.95. The molecule has 0 spiro atoms. The van der Waals surface area contributed by atoms with Crippen molar-refractivity contribution in [2.45, 2.75) is 45.1 Å². The molecule has 2 fully saturated rings. The van der Waals surface area contributed by atoms with Gasteiger partial charge < -0.3 is 9.64 Å². The summed E-state index contributed by atoms with van der Waals surface area (Å²) >= 11 is 0. The fourth-order valence-electron chi connectivity index (χ4n) is 3.08. The van der Waals surface area contributed by atoms with Crippen LogP contribution in [0.4, 0.5) is 0 Å². The maximum atomic E-state index is 12.3. The molecule has 2 aliphatic rings. The fourth-order valence-corrected chi connectivity index (χ4v) is 3.08. The summed E-state index contributed by atoms with van der Waals surface area (Å²) in [6, 6.07) is 3.72. The number of nitrogens with zero attached hydrogens (tertiary/aromatic N) is 3. The van der Waals surface area contributed by atoms with Crippen molar-refractivity contribution in [2.75, 3.05) is 13.1 Å². The Labute approximate surface area is 119 Å². The largest absolute Gasteiger partial charge is 0.471 e. The number of amides is 1. The quantitative estimate of drug-likeness (QED) is 0.846. The Morgan fingerprint density at radius 1 is 1.25 bits per heavy atom. The van der Waals surface area contributed by atoms with Crippen molar-refractivity contribution >= 4 is 5.91 Å². The molecule has 1 amide bonds. The molecule has 1 aliphatic carbocycles. The molecular weight excluding hydrogens is 254 g/mol. The Bertz CT molecular complexity index is 469. The van der Waals surface area contributed by atoms with Crippen LogP contribution < -0.4 is 4.74 Å². The first-order valence-corrected chi connectivity index (χ1v) is 7.48. The number of ether oxygens (including phenoxy) is 1. The first kappa shape index (κ1) is 13.3. The number of hydrogen-bond acceptors (Lipinski definition) is 4. The molecule has 0 aromatic carbocycles. The molecule has 1 aromatic rings. The number of aryl methyl sites for hydroxylation is 1. The van der Waals surface area contributed by atoms with Crippen molar-refractivity contribution in [1.29, 1.82) is 0 Å². The third-order valence-electron chi connectivity index (χ3n) is 4.22. The zero-order valence-corrected chi connectivity index (χ0v) is 11.9. The minimum Gasteiger partial charge on any atom is -0.471 e. The van der Waals surface area contributed by atoms with E-state index in [2.05, 4.69) is 10.2 Å². The highest BCUT2D eigenvalue weighted by molar-refractivity contribution is 5.79. The van der Waals surface area contributed by atoms with E-state index in [1.54, 1.807) is 0 Å². The molecule has 3 rings (SSSR count). The second-order valence-electron chi connectivity index (χ2n) is 5.81. The van der Waals surface area contributed by atoms with Crippen LogP contribution in [0.1, 0.15) is 37.8 Å². The highest BCUT2D eigenvalue weighted by Crippen LogP contribution is 2.28.